The van der Waals surface area contributed by atoms with Gasteiger partial charge in [0.2, 0.25) is 0 Å². The van der Waals surface area contributed by atoms with Crippen molar-refractivity contribution < 1.29 is 0 Å². The van der Waals surface area contributed by atoms with Gasteiger partial charge in [-0.15, -0.1) is 0 Å². The predicted octanol–water partition coefficient (Wildman–Crippen LogP) is 1.73. The summed E-state index contributed by atoms with van der Waals surface area (Å²) in [6.07, 6.45) is 4.93. The van der Waals surface area contributed by atoms with Crippen molar-refractivity contribution in [2.24, 2.45) is 12.8 Å². The lowest BCUT2D eigenvalue weighted by molar-refractivity contribution is 0.766. The highest BCUT2D eigenvalue weighted by molar-refractivity contribution is 7.80. The van der Waals surface area contributed by atoms with Crippen molar-refractivity contribution in [3.8, 4) is 0 Å². The van der Waals surface area contributed by atoms with Gasteiger partial charge in [0.25, 0.3) is 0 Å². The van der Waals surface area contributed by atoms with Gasteiger partial charge in [0, 0.05) is 38.1 Å². The van der Waals surface area contributed by atoms with Gasteiger partial charge in [-0.05, 0) is 36.2 Å². The number of thiocarbonyl (C=S) groups is 1. The summed E-state index contributed by atoms with van der Waals surface area (Å²) >= 11 is 4.94. The van der Waals surface area contributed by atoms with Gasteiger partial charge in [0.1, 0.15) is 4.99 Å². The number of aryl methyl sites for hydroxylation is 1. The average Bonchev–Trinajstić information content (AvgIpc) is 2.82. The van der Waals surface area contributed by atoms with E-state index in [9.17, 15) is 0 Å². The van der Waals surface area contributed by atoms with E-state index in [0.29, 0.717) is 4.99 Å². The lowest BCUT2D eigenvalue weighted by Crippen LogP contribution is -2.20. The van der Waals surface area contributed by atoms with Crippen molar-refractivity contribution in [3.63, 3.8) is 0 Å². The molecule has 0 spiro atoms. The molecule has 0 saturated heterocycles. The molecule has 0 saturated carbocycles. The number of nitrogens with zero attached hydrogens (tertiary/aromatic N) is 3. The molecule has 2 N–H and O–H groups in total. The molecule has 0 aliphatic heterocycles. The molecule has 1 heterocycles. The Balaban J connectivity index is 1.95. The van der Waals surface area contributed by atoms with Crippen LogP contribution < -0.4 is 10.6 Å². The Morgan fingerprint density at radius 2 is 2.05 bits per heavy atom. The Bertz CT molecular complexity index is 559. The normalized spacial score (nSPS) is 10.4. The van der Waals surface area contributed by atoms with Gasteiger partial charge in [-0.2, -0.15) is 5.10 Å². The first-order chi connectivity index (χ1) is 9.06. The summed E-state index contributed by atoms with van der Waals surface area (Å²) in [5.41, 5.74) is 8.89. The highest BCUT2D eigenvalue weighted by atomic mass is 32.1. The molecule has 19 heavy (non-hydrogen) atoms. The van der Waals surface area contributed by atoms with Crippen LogP contribution in [0.25, 0.3) is 0 Å². The van der Waals surface area contributed by atoms with Crippen molar-refractivity contribution in [3.05, 3.63) is 47.8 Å². The molecule has 4 nitrogen and oxygen atoms in total. The van der Waals surface area contributed by atoms with Crippen LogP contribution in [0, 0.1) is 0 Å². The van der Waals surface area contributed by atoms with Gasteiger partial charge >= 0.3 is 0 Å². The number of hydrogen-bond donors (Lipinski definition) is 1. The molecule has 0 aliphatic rings. The minimum atomic E-state index is 0.435. The van der Waals surface area contributed by atoms with Crippen LogP contribution in [0.5, 0.6) is 0 Å². The number of rotatable bonds is 5. The Morgan fingerprint density at radius 1 is 1.37 bits per heavy atom. The molecule has 0 radical (unpaired) electrons. The first-order valence-corrected chi connectivity index (χ1v) is 6.55. The molecule has 0 fully saturated rings. The highest BCUT2D eigenvalue weighted by Crippen LogP contribution is 2.14. The third kappa shape index (κ3) is 3.54. The fourth-order valence-electron chi connectivity index (χ4n) is 1.91. The van der Waals surface area contributed by atoms with Crippen LogP contribution in [0.3, 0.4) is 0 Å². The largest absolute Gasteiger partial charge is 0.389 e. The molecule has 0 bridgehead atoms. The summed E-state index contributed by atoms with van der Waals surface area (Å²) in [6.45, 7) is 0.943. The fourth-order valence-corrected chi connectivity index (χ4v) is 2.04. The van der Waals surface area contributed by atoms with Crippen LogP contribution in [0.1, 0.15) is 11.1 Å². The van der Waals surface area contributed by atoms with Crippen molar-refractivity contribution in [2.45, 2.75) is 6.42 Å². The van der Waals surface area contributed by atoms with Crippen LogP contribution in [0.4, 0.5) is 5.69 Å². The smallest absolute Gasteiger partial charge is 0.103 e. The van der Waals surface area contributed by atoms with Crippen LogP contribution in [0.15, 0.2) is 36.7 Å². The Morgan fingerprint density at radius 3 is 2.58 bits per heavy atom. The number of benzene rings is 1. The van der Waals surface area contributed by atoms with Crippen LogP contribution in [-0.4, -0.2) is 28.4 Å². The van der Waals surface area contributed by atoms with Gasteiger partial charge in [-0.3, -0.25) is 4.68 Å². The lowest BCUT2D eigenvalue weighted by atomic mass is 10.2. The molecular weight excluding hydrogens is 256 g/mol. The minimum absolute atomic E-state index is 0.435. The molecule has 5 heteroatoms. The predicted molar refractivity (Wildman–Crippen MR) is 82.5 cm³/mol. The molecule has 1 aromatic carbocycles. The fraction of sp³-hybridized carbons (Fsp3) is 0.286. The summed E-state index contributed by atoms with van der Waals surface area (Å²) in [5.74, 6) is 0. The SMILES string of the molecule is CN(CCc1cnn(C)c1)c1ccc(C(N)=S)cc1. The maximum absolute atomic E-state index is 5.59. The van der Waals surface area contributed by atoms with Gasteiger partial charge in [-0.25, -0.2) is 0 Å². The van der Waals surface area contributed by atoms with E-state index in [1.54, 1.807) is 0 Å². The molecule has 100 valence electrons. The van der Waals surface area contributed by atoms with E-state index in [-0.39, 0.29) is 0 Å². The topological polar surface area (TPSA) is 47.1 Å². The summed E-state index contributed by atoms with van der Waals surface area (Å²) in [5, 5.41) is 4.17. The van der Waals surface area contributed by atoms with Crippen molar-refractivity contribution in [1.29, 1.82) is 0 Å². The molecule has 0 atom stereocenters. The number of anilines is 1. The van der Waals surface area contributed by atoms with E-state index in [0.717, 1.165) is 24.2 Å². The average molecular weight is 274 g/mol. The molecule has 2 aromatic rings. The van der Waals surface area contributed by atoms with Gasteiger partial charge in [0.05, 0.1) is 6.20 Å². The second-order valence-electron chi connectivity index (χ2n) is 4.60. The molecule has 0 unspecified atom stereocenters. The summed E-state index contributed by atoms with van der Waals surface area (Å²) in [4.78, 5) is 2.64. The van der Waals surface area contributed by atoms with Crippen LogP contribution in [-0.2, 0) is 13.5 Å². The quantitative estimate of drug-likeness (QED) is 0.844. The first kappa shape index (κ1) is 13.5. The Kier molecular flexibility index (Phi) is 4.16. The van der Waals surface area contributed by atoms with Gasteiger partial charge < -0.3 is 10.6 Å². The molecule has 0 amide bonds. The molecule has 0 aliphatic carbocycles. The zero-order chi connectivity index (χ0) is 13.8. The lowest BCUT2D eigenvalue weighted by Gasteiger charge is -2.19. The molecule has 2 rings (SSSR count). The maximum Gasteiger partial charge on any atom is 0.103 e. The summed E-state index contributed by atoms with van der Waals surface area (Å²) in [7, 11) is 4.01. The molecule has 1 aromatic heterocycles. The third-order valence-corrected chi connectivity index (χ3v) is 3.32. The number of likely N-dealkylation sites (N-methyl/N-ethyl adjacent to an activating group) is 1. The van der Waals surface area contributed by atoms with E-state index in [1.165, 1.54) is 5.56 Å². The van der Waals surface area contributed by atoms with Gasteiger partial charge in [-0.1, -0.05) is 12.2 Å². The second-order valence-corrected chi connectivity index (χ2v) is 5.04. The van der Waals surface area contributed by atoms with Crippen molar-refractivity contribution >= 4 is 22.9 Å². The second kappa shape index (κ2) is 5.84. The summed E-state index contributed by atoms with van der Waals surface area (Å²) in [6, 6.07) is 7.99. The first-order valence-electron chi connectivity index (χ1n) is 6.15. The monoisotopic (exact) mass is 274 g/mol. The van der Waals surface area contributed by atoms with Crippen molar-refractivity contribution in [2.75, 3.05) is 18.5 Å². The Labute approximate surface area is 118 Å². The van der Waals surface area contributed by atoms with E-state index < -0.39 is 0 Å². The van der Waals surface area contributed by atoms with E-state index in [1.807, 2.05) is 48.4 Å². The van der Waals surface area contributed by atoms with Gasteiger partial charge in [0.15, 0.2) is 0 Å². The van der Waals surface area contributed by atoms with Crippen LogP contribution >= 0.6 is 12.2 Å². The zero-order valence-corrected chi connectivity index (χ0v) is 12.0. The maximum atomic E-state index is 5.59. The number of hydrogen-bond acceptors (Lipinski definition) is 3. The van der Waals surface area contributed by atoms with Crippen LogP contribution in [0.2, 0.25) is 0 Å². The number of nitrogens with two attached hydrogens (primary N) is 1. The minimum Gasteiger partial charge on any atom is -0.389 e. The Hall–Kier alpha value is -1.88. The van der Waals surface area contributed by atoms with E-state index in [2.05, 4.69) is 17.0 Å². The number of aromatic nitrogens is 2. The van der Waals surface area contributed by atoms with E-state index in [4.69, 9.17) is 18.0 Å². The highest BCUT2D eigenvalue weighted by Gasteiger charge is 2.03. The summed E-state index contributed by atoms with van der Waals surface area (Å²) < 4.78 is 1.83. The standard InChI is InChI=1S/C14H18N4S/c1-17(8-7-11-9-16-18(2)10-11)13-5-3-12(4-6-13)14(15)19/h3-6,9-10H,7-8H2,1-2H3,(H2,15,19). The molecular formula is C14H18N4S. The van der Waals surface area contributed by atoms with E-state index >= 15 is 0 Å². The third-order valence-electron chi connectivity index (χ3n) is 3.09. The van der Waals surface area contributed by atoms with Crippen molar-refractivity contribution in [1.82, 2.24) is 9.78 Å². The zero-order valence-electron chi connectivity index (χ0n) is 11.2.